The molecule has 1 aliphatic rings. The largest absolute Gasteiger partial charge is 0.289 e. The summed E-state index contributed by atoms with van der Waals surface area (Å²) in [5.41, 5.74) is 0.468. The molecule has 18 heavy (non-hydrogen) atoms. The highest BCUT2D eigenvalue weighted by atomic mass is 32.2. The molecule has 4 heteroatoms. The first-order chi connectivity index (χ1) is 8.55. The highest BCUT2D eigenvalue weighted by molar-refractivity contribution is 7.92. The maximum Gasteiger partial charge on any atom is 0.185 e. The van der Waals surface area contributed by atoms with E-state index in [-0.39, 0.29) is 11.0 Å². The maximum atomic E-state index is 12.3. The van der Waals surface area contributed by atoms with Crippen molar-refractivity contribution >= 4 is 15.6 Å². The van der Waals surface area contributed by atoms with Gasteiger partial charge in [-0.05, 0) is 43.2 Å². The summed E-state index contributed by atoms with van der Waals surface area (Å²) in [6, 6.07) is 6.13. The van der Waals surface area contributed by atoms with Gasteiger partial charge in [0.05, 0.1) is 10.1 Å². The minimum Gasteiger partial charge on any atom is -0.289 e. The second-order valence-corrected chi connectivity index (χ2v) is 6.77. The number of allylic oxidation sites excluding steroid dienone is 1. The second kappa shape index (κ2) is 5.06. The Labute approximate surface area is 107 Å². The maximum absolute atomic E-state index is 12.3. The molecular formula is C14H16O3S. The molecule has 0 aromatic heterocycles. The zero-order valence-corrected chi connectivity index (χ0v) is 10.9. The van der Waals surface area contributed by atoms with E-state index >= 15 is 0 Å². The van der Waals surface area contributed by atoms with Crippen LogP contribution in [0.1, 0.15) is 36.0 Å². The van der Waals surface area contributed by atoms with Gasteiger partial charge in [0, 0.05) is 5.56 Å². The van der Waals surface area contributed by atoms with E-state index < -0.39 is 9.84 Å². The quantitative estimate of drug-likeness (QED) is 0.620. The van der Waals surface area contributed by atoms with Gasteiger partial charge in [0.1, 0.15) is 0 Å². The van der Waals surface area contributed by atoms with Crippen LogP contribution in [0.15, 0.2) is 41.8 Å². The van der Waals surface area contributed by atoms with Gasteiger partial charge in [-0.15, -0.1) is 0 Å². The standard InChI is InChI=1S/C14H16O3S/c1-2-14(15)11-7-9-13(10-8-11)18(16,17)12-5-3-4-6-12/h2,7-10,12H,1,3-6H2. The van der Waals surface area contributed by atoms with Gasteiger partial charge in [0.25, 0.3) is 0 Å². The van der Waals surface area contributed by atoms with Gasteiger partial charge in [0.2, 0.25) is 0 Å². The van der Waals surface area contributed by atoms with Crippen LogP contribution in [-0.2, 0) is 9.84 Å². The summed E-state index contributed by atoms with van der Waals surface area (Å²) in [6.07, 6.45) is 4.68. The molecule has 2 rings (SSSR count). The van der Waals surface area contributed by atoms with Crippen molar-refractivity contribution in [2.24, 2.45) is 0 Å². The van der Waals surface area contributed by atoms with Crippen LogP contribution in [0.5, 0.6) is 0 Å². The molecule has 0 unspecified atom stereocenters. The van der Waals surface area contributed by atoms with Crippen molar-refractivity contribution in [3.05, 3.63) is 42.5 Å². The monoisotopic (exact) mass is 264 g/mol. The van der Waals surface area contributed by atoms with Crippen LogP contribution < -0.4 is 0 Å². The lowest BCUT2D eigenvalue weighted by molar-refractivity contribution is 0.104. The first-order valence-electron chi connectivity index (χ1n) is 6.06. The van der Waals surface area contributed by atoms with Crippen molar-refractivity contribution in [3.63, 3.8) is 0 Å². The van der Waals surface area contributed by atoms with Crippen LogP contribution >= 0.6 is 0 Å². The molecule has 3 nitrogen and oxygen atoms in total. The first-order valence-corrected chi connectivity index (χ1v) is 7.61. The number of benzene rings is 1. The predicted octanol–water partition coefficient (Wildman–Crippen LogP) is 2.77. The van der Waals surface area contributed by atoms with Crippen LogP contribution in [0.2, 0.25) is 0 Å². The summed E-state index contributed by atoms with van der Waals surface area (Å²) in [7, 11) is -3.23. The zero-order chi connectivity index (χ0) is 13.2. The minimum absolute atomic E-state index is 0.195. The molecule has 0 amide bonds. The van der Waals surface area contributed by atoms with Crippen molar-refractivity contribution in [1.82, 2.24) is 0 Å². The molecule has 0 N–H and O–H groups in total. The van der Waals surface area contributed by atoms with Gasteiger partial charge in [-0.2, -0.15) is 0 Å². The highest BCUT2D eigenvalue weighted by Gasteiger charge is 2.30. The SMILES string of the molecule is C=CC(=O)c1ccc(S(=O)(=O)C2CCCC2)cc1. The fraction of sp³-hybridized carbons (Fsp3) is 0.357. The summed E-state index contributed by atoms with van der Waals surface area (Å²) < 4.78 is 24.6. The molecule has 0 aliphatic heterocycles. The van der Waals surface area contributed by atoms with Crippen molar-refractivity contribution in [1.29, 1.82) is 0 Å². The Balaban J connectivity index is 2.29. The molecule has 0 saturated heterocycles. The van der Waals surface area contributed by atoms with E-state index in [0.717, 1.165) is 25.7 Å². The van der Waals surface area contributed by atoms with Gasteiger partial charge in [-0.25, -0.2) is 8.42 Å². The fourth-order valence-corrected chi connectivity index (χ4v) is 4.17. The van der Waals surface area contributed by atoms with Crippen LogP contribution in [0, 0.1) is 0 Å². The lowest BCUT2D eigenvalue weighted by atomic mass is 10.1. The zero-order valence-electron chi connectivity index (χ0n) is 10.1. The number of carbonyl (C=O) groups excluding carboxylic acids is 1. The van der Waals surface area contributed by atoms with E-state index in [1.807, 2.05) is 0 Å². The minimum atomic E-state index is -3.23. The summed E-state index contributed by atoms with van der Waals surface area (Å²) >= 11 is 0. The summed E-state index contributed by atoms with van der Waals surface area (Å²) in [6.45, 7) is 3.40. The van der Waals surface area contributed by atoms with Gasteiger partial charge in [-0.1, -0.05) is 19.4 Å². The number of hydrogen-bond acceptors (Lipinski definition) is 3. The summed E-state index contributed by atoms with van der Waals surface area (Å²) in [5, 5.41) is -0.251. The van der Waals surface area contributed by atoms with Gasteiger partial charge in [0.15, 0.2) is 15.6 Å². The van der Waals surface area contributed by atoms with E-state index in [9.17, 15) is 13.2 Å². The van der Waals surface area contributed by atoms with E-state index in [2.05, 4.69) is 6.58 Å². The molecule has 0 radical (unpaired) electrons. The van der Waals surface area contributed by atoms with E-state index in [4.69, 9.17) is 0 Å². The van der Waals surface area contributed by atoms with Crippen LogP contribution in [0.25, 0.3) is 0 Å². The molecule has 0 spiro atoms. The third-order valence-electron chi connectivity index (χ3n) is 3.39. The Bertz CT molecular complexity index is 549. The Kier molecular flexibility index (Phi) is 3.66. The van der Waals surface area contributed by atoms with Crippen LogP contribution in [0.4, 0.5) is 0 Å². The third kappa shape index (κ3) is 2.38. The lowest BCUT2D eigenvalue weighted by Crippen LogP contribution is -2.17. The smallest absolute Gasteiger partial charge is 0.185 e. The lowest BCUT2D eigenvalue weighted by Gasteiger charge is -2.11. The summed E-state index contributed by atoms with van der Waals surface area (Å²) in [5.74, 6) is -0.195. The Morgan fingerprint density at radius 3 is 2.22 bits per heavy atom. The predicted molar refractivity (Wildman–Crippen MR) is 70.4 cm³/mol. The van der Waals surface area contributed by atoms with Gasteiger partial charge in [-0.3, -0.25) is 4.79 Å². The molecular weight excluding hydrogens is 248 g/mol. The van der Waals surface area contributed by atoms with E-state index in [1.165, 1.54) is 18.2 Å². The second-order valence-electron chi connectivity index (χ2n) is 4.54. The van der Waals surface area contributed by atoms with Crippen molar-refractivity contribution in [3.8, 4) is 0 Å². The van der Waals surface area contributed by atoms with Crippen LogP contribution in [-0.4, -0.2) is 19.5 Å². The average Bonchev–Trinajstić information content (AvgIpc) is 2.92. The number of carbonyl (C=O) groups is 1. The summed E-state index contributed by atoms with van der Waals surface area (Å²) in [4.78, 5) is 11.7. The average molecular weight is 264 g/mol. The van der Waals surface area contributed by atoms with Crippen LogP contribution in [0.3, 0.4) is 0 Å². The fourth-order valence-electron chi connectivity index (χ4n) is 2.32. The number of sulfone groups is 1. The topological polar surface area (TPSA) is 51.2 Å². The Morgan fingerprint density at radius 1 is 1.17 bits per heavy atom. The van der Waals surface area contributed by atoms with Gasteiger partial charge >= 0.3 is 0 Å². The van der Waals surface area contributed by atoms with Crippen molar-refractivity contribution < 1.29 is 13.2 Å². The number of hydrogen-bond donors (Lipinski definition) is 0. The molecule has 1 aromatic rings. The third-order valence-corrected chi connectivity index (χ3v) is 5.67. The van der Waals surface area contributed by atoms with Gasteiger partial charge < -0.3 is 0 Å². The molecule has 96 valence electrons. The first kappa shape index (κ1) is 13.0. The van der Waals surface area contributed by atoms with E-state index in [0.29, 0.717) is 10.5 Å². The number of rotatable bonds is 4. The Morgan fingerprint density at radius 2 is 1.72 bits per heavy atom. The molecule has 1 fully saturated rings. The number of ketones is 1. The molecule has 1 saturated carbocycles. The molecule has 0 bridgehead atoms. The molecule has 0 atom stereocenters. The van der Waals surface area contributed by atoms with Crippen molar-refractivity contribution in [2.45, 2.75) is 35.8 Å². The normalized spacial score (nSPS) is 16.7. The highest BCUT2D eigenvalue weighted by Crippen LogP contribution is 2.29. The molecule has 0 heterocycles. The van der Waals surface area contributed by atoms with E-state index in [1.54, 1.807) is 12.1 Å². The molecule has 1 aliphatic carbocycles. The molecule has 1 aromatic carbocycles. The van der Waals surface area contributed by atoms with Crippen molar-refractivity contribution in [2.75, 3.05) is 0 Å². The Hall–Kier alpha value is -1.42.